The van der Waals surface area contributed by atoms with Crippen LogP contribution in [-0.4, -0.2) is 25.9 Å². The summed E-state index contributed by atoms with van der Waals surface area (Å²) in [5.41, 5.74) is 2.09. The second-order valence-electron chi connectivity index (χ2n) is 5.34. The zero-order valence-corrected chi connectivity index (χ0v) is 14.1. The van der Waals surface area contributed by atoms with E-state index in [0.717, 1.165) is 5.56 Å². The Hall–Kier alpha value is -2.82. The molecule has 0 heterocycles. The number of ketones is 1. The van der Waals surface area contributed by atoms with E-state index in [4.69, 9.17) is 9.47 Å². The van der Waals surface area contributed by atoms with Crippen LogP contribution >= 0.6 is 0 Å². The first-order chi connectivity index (χ1) is 11.5. The minimum absolute atomic E-state index is 0.0350. The number of methoxy groups -OCH3 is 2. The molecule has 0 unspecified atom stereocenters. The van der Waals surface area contributed by atoms with Crippen LogP contribution in [0.3, 0.4) is 0 Å². The van der Waals surface area contributed by atoms with E-state index in [2.05, 4.69) is 5.32 Å². The molecule has 0 saturated carbocycles. The fourth-order valence-corrected chi connectivity index (χ4v) is 2.44. The monoisotopic (exact) mass is 327 g/mol. The number of hydrogen-bond acceptors (Lipinski definition) is 4. The molecule has 5 heteroatoms. The van der Waals surface area contributed by atoms with Crippen molar-refractivity contribution in [1.82, 2.24) is 0 Å². The smallest absolute Gasteiger partial charge is 0.224 e. The van der Waals surface area contributed by atoms with Gasteiger partial charge in [-0.05, 0) is 37.1 Å². The lowest BCUT2D eigenvalue weighted by molar-refractivity contribution is -0.116. The van der Waals surface area contributed by atoms with E-state index in [-0.39, 0.29) is 11.7 Å². The standard InChI is InChI=1S/C19H21NO4/c1-13(21)15-7-4-8-16(12-15)20-18(22)11-10-14-6-5-9-17(23-2)19(14)24-3/h4-9,12H,10-11H2,1-3H3,(H,20,22). The summed E-state index contributed by atoms with van der Waals surface area (Å²) in [6, 6.07) is 12.5. The lowest BCUT2D eigenvalue weighted by Crippen LogP contribution is -2.13. The summed E-state index contributed by atoms with van der Waals surface area (Å²) in [5.74, 6) is 1.13. The molecule has 0 aliphatic carbocycles. The summed E-state index contributed by atoms with van der Waals surface area (Å²) in [5, 5.41) is 2.81. The molecule has 0 fully saturated rings. The highest BCUT2D eigenvalue weighted by atomic mass is 16.5. The number of amides is 1. The van der Waals surface area contributed by atoms with Gasteiger partial charge in [-0.3, -0.25) is 9.59 Å². The summed E-state index contributed by atoms with van der Waals surface area (Å²) < 4.78 is 10.6. The predicted molar refractivity (Wildman–Crippen MR) is 92.9 cm³/mol. The first kappa shape index (κ1) is 17.5. The van der Waals surface area contributed by atoms with Gasteiger partial charge in [-0.1, -0.05) is 24.3 Å². The third kappa shape index (κ3) is 4.35. The number of Topliss-reactive ketones (excluding diaryl/α,β-unsaturated/α-hetero) is 1. The van der Waals surface area contributed by atoms with Gasteiger partial charge >= 0.3 is 0 Å². The number of carbonyl (C=O) groups is 2. The predicted octanol–water partition coefficient (Wildman–Crippen LogP) is 3.48. The number of rotatable bonds is 7. The number of benzene rings is 2. The molecule has 1 N–H and O–H groups in total. The Balaban J connectivity index is 2.01. The van der Waals surface area contributed by atoms with E-state index in [1.165, 1.54) is 6.92 Å². The van der Waals surface area contributed by atoms with Crippen LogP contribution in [0.2, 0.25) is 0 Å². The molecule has 0 saturated heterocycles. The molecule has 1 amide bonds. The van der Waals surface area contributed by atoms with Gasteiger partial charge < -0.3 is 14.8 Å². The van der Waals surface area contributed by atoms with Gasteiger partial charge in [0.15, 0.2) is 17.3 Å². The second kappa shape index (κ2) is 8.15. The van der Waals surface area contributed by atoms with Gasteiger partial charge in [-0.25, -0.2) is 0 Å². The molecule has 0 spiro atoms. The molecule has 0 bridgehead atoms. The Kier molecular flexibility index (Phi) is 5.95. The van der Waals surface area contributed by atoms with E-state index in [0.29, 0.717) is 35.6 Å². The van der Waals surface area contributed by atoms with Crippen molar-refractivity contribution < 1.29 is 19.1 Å². The summed E-state index contributed by atoms with van der Waals surface area (Å²) in [6.07, 6.45) is 0.826. The first-order valence-electron chi connectivity index (χ1n) is 7.66. The molecule has 24 heavy (non-hydrogen) atoms. The average molecular weight is 327 g/mol. The maximum Gasteiger partial charge on any atom is 0.224 e. The summed E-state index contributed by atoms with van der Waals surface area (Å²) in [7, 11) is 3.16. The van der Waals surface area contributed by atoms with Gasteiger partial charge in [0.05, 0.1) is 14.2 Å². The molecule has 0 aromatic heterocycles. The largest absolute Gasteiger partial charge is 0.493 e. The fourth-order valence-electron chi connectivity index (χ4n) is 2.44. The number of aryl methyl sites for hydroxylation is 1. The highest BCUT2D eigenvalue weighted by Gasteiger charge is 2.11. The Morgan fingerprint density at radius 2 is 1.79 bits per heavy atom. The SMILES string of the molecule is COc1cccc(CCC(=O)Nc2cccc(C(C)=O)c2)c1OC. The fraction of sp³-hybridized carbons (Fsp3) is 0.263. The van der Waals surface area contributed by atoms with Crippen molar-refractivity contribution >= 4 is 17.4 Å². The van der Waals surface area contributed by atoms with Crippen LogP contribution in [0, 0.1) is 0 Å². The third-order valence-corrected chi connectivity index (χ3v) is 3.66. The Morgan fingerprint density at radius 3 is 2.46 bits per heavy atom. The Labute approximate surface area is 141 Å². The summed E-state index contributed by atoms with van der Waals surface area (Å²) in [6.45, 7) is 1.50. The van der Waals surface area contributed by atoms with E-state index in [1.54, 1.807) is 38.5 Å². The van der Waals surface area contributed by atoms with E-state index in [1.807, 2.05) is 18.2 Å². The van der Waals surface area contributed by atoms with Crippen LogP contribution in [0.25, 0.3) is 0 Å². The van der Waals surface area contributed by atoms with Crippen molar-refractivity contribution in [2.75, 3.05) is 19.5 Å². The number of para-hydroxylation sites is 1. The summed E-state index contributed by atoms with van der Waals surface area (Å²) >= 11 is 0. The van der Waals surface area contributed by atoms with Crippen molar-refractivity contribution in [2.24, 2.45) is 0 Å². The van der Waals surface area contributed by atoms with Crippen molar-refractivity contribution in [3.8, 4) is 11.5 Å². The average Bonchev–Trinajstić information content (AvgIpc) is 2.59. The maximum atomic E-state index is 12.2. The van der Waals surface area contributed by atoms with Gasteiger partial charge in [0.25, 0.3) is 0 Å². The summed E-state index contributed by atoms with van der Waals surface area (Å²) in [4.78, 5) is 23.5. The van der Waals surface area contributed by atoms with Gasteiger partial charge in [0, 0.05) is 17.7 Å². The van der Waals surface area contributed by atoms with Crippen molar-refractivity contribution in [2.45, 2.75) is 19.8 Å². The zero-order chi connectivity index (χ0) is 17.5. The van der Waals surface area contributed by atoms with Crippen LogP contribution in [0.4, 0.5) is 5.69 Å². The lowest BCUT2D eigenvalue weighted by atomic mass is 10.1. The molecule has 0 atom stereocenters. The quantitative estimate of drug-likeness (QED) is 0.791. The molecular formula is C19H21NO4. The van der Waals surface area contributed by atoms with Crippen LogP contribution in [-0.2, 0) is 11.2 Å². The molecule has 5 nitrogen and oxygen atoms in total. The van der Waals surface area contributed by atoms with Crippen molar-refractivity contribution in [3.63, 3.8) is 0 Å². The molecule has 0 aliphatic heterocycles. The Bertz CT molecular complexity index is 740. The molecule has 0 aliphatic rings. The number of anilines is 1. The number of carbonyl (C=O) groups excluding carboxylic acids is 2. The normalized spacial score (nSPS) is 10.1. The lowest BCUT2D eigenvalue weighted by Gasteiger charge is -2.12. The topological polar surface area (TPSA) is 64.6 Å². The van der Waals surface area contributed by atoms with Gasteiger partial charge in [-0.15, -0.1) is 0 Å². The first-order valence-corrected chi connectivity index (χ1v) is 7.66. The minimum Gasteiger partial charge on any atom is -0.493 e. The van der Waals surface area contributed by atoms with Crippen LogP contribution < -0.4 is 14.8 Å². The third-order valence-electron chi connectivity index (χ3n) is 3.66. The molecule has 0 radical (unpaired) electrons. The van der Waals surface area contributed by atoms with E-state index >= 15 is 0 Å². The van der Waals surface area contributed by atoms with Gasteiger partial charge in [0.2, 0.25) is 5.91 Å². The van der Waals surface area contributed by atoms with Crippen molar-refractivity contribution in [1.29, 1.82) is 0 Å². The van der Waals surface area contributed by atoms with Crippen molar-refractivity contribution in [3.05, 3.63) is 53.6 Å². The Morgan fingerprint density at radius 1 is 1.04 bits per heavy atom. The number of ether oxygens (including phenoxy) is 2. The van der Waals surface area contributed by atoms with Crippen LogP contribution in [0.15, 0.2) is 42.5 Å². The molecular weight excluding hydrogens is 306 g/mol. The van der Waals surface area contributed by atoms with Crippen LogP contribution in [0.5, 0.6) is 11.5 Å². The zero-order valence-electron chi connectivity index (χ0n) is 14.1. The van der Waals surface area contributed by atoms with Gasteiger partial charge in [-0.2, -0.15) is 0 Å². The molecule has 2 aromatic carbocycles. The molecule has 126 valence electrons. The second-order valence-corrected chi connectivity index (χ2v) is 5.34. The molecule has 2 aromatic rings. The van der Waals surface area contributed by atoms with E-state index in [9.17, 15) is 9.59 Å². The minimum atomic E-state index is -0.124. The van der Waals surface area contributed by atoms with Crippen LogP contribution in [0.1, 0.15) is 29.3 Å². The number of nitrogens with one attached hydrogen (secondary N) is 1. The highest BCUT2D eigenvalue weighted by Crippen LogP contribution is 2.31. The number of hydrogen-bond donors (Lipinski definition) is 1. The molecule has 2 rings (SSSR count). The van der Waals surface area contributed by atoms with Gasteiger partial charge in [0.1, 0.15) is 0 Å². The maximum absolute atomic E-state index is 12.2. The van der Waals surface area contributed by atoms with E-state index < -0.39 is 0 Å². The highest BCUT2D eigenvalue weighted by molar-refractivity contribution is 5.97.